The first-order valence-corrected chi connectivity index (χ1v) is 5.74. The van der Waals surface area contributed by atoms with Crippen molar-refractivity contribution in [3.8, 4) is 5.75 Å². The van der Waals surface area contributed by atoms with Crippen LogP contribution in [0.25, 0.3) is 0 Å². The second kappa shape index (κ2) is 5.15. The minimum Gasteiger partial charge on any atom is -0.426 e. The Labute approximate surface area is 97.6 Å². The fraction of sp³-hybridized carbons (Fsp3) is 0.500. The highest BCUT2D eigenvalue weighted by Gasteiger charge is 2.11. The number of benzene rings is 1. The highest BCUT2D eigenvalue weighted by atomic mass is 16.5. The van der Waals surface area contributed by atoms with Gasteiger partial charge in [0.2, 0.25) is 0 Å². The molecule has 0 bridgehead atoms. The summed E-state index contributed by atoms with van der Waals surface area (Å²) >= 11 is 0. The Kier molecular flexibility index (Phi) is 4.11. The van der Waals surface area contributed by atoms with Crippen LogP contribution in [0, 0.1) is 0 Å². The molecule has 0 atom stereocenters. The van der Waals surface area contributed by atoms with E-state index in [9.17, 15) is 4.79 Å². The van der Waals surface area contributed by atoms with Gasteiger partial charge >= 0.3 is 5.97 Å². The van der Waals surface area contributed by atoms with Crippen LogP contribution in [0.4, 0.5) is 0 Å². The Morgan fingerprint density at radius 2 is 1.75 bits per heavy atom. The molecular formula is C14H20O2. The largest absolute Gasteiger partial charge is 0.426 e. The number of esters is 1. The van der Waals surface area contributed by atoms with Gasteiger partial charge in [0.25, 0.3) is 0 Å². The van der Waals surface area contributed by atoms with E-state index in [0.29, 0.717) is 17.6 Å². The zero-order valence-electron chi connectivity index (χ0n) is 10.7. The topological polar surface area (TPSA) is 26.3 Å². The first-order valence-electron chi connectivity index (χ1n) is 5.74. The summed E-state index contributed by atoms with van der Waals surface area (Å²) in [5.41, 5.74) is 2.28. The van der Waals surface area contributed by atoms with E-state index in [2.05, 4.69) is 39.8 Å². The zero-order chi connectivity index (χ0) is 12.3. The number of carbonyl (C=O) groups excluding carboxylic acids is 1. The standard InChI is InChI=1S/C14H20O2/c1-9(2)12-6-7-13(10(3)4)14(8-12)16-11(5)15/h6-10H,1-5H3. The van der Waals surface area contributed by atoms with Crippen molar-refractivity contribution in [1.29, 1.82) is 0 Å². The molecule has 88 valence electrons. The van der Waals surface area contributed by atoms with Crippen LogP contribution in [0.5, 0.6) is 5.75 Å². The van der Waals surface area contributed by atoms with Gasteiger partial charge in [-0.05, 0) is 29.0 Å². The Bertz CT molecular complexity index is 378. The molecule has 0 aliphatic rings. The molecule has 1 rings (SSSR count). The lowest BCUT2D eigenvalue weighted by Crippen LogP contribution is -2.05. The second-order valence-corrected chi connectivity index (χ2v) is 4.70. The van der Waals surface area contributed by atoms with Gasteiger partial charge < -0.3 is 4.74 Å². The Balaban J connectivity index is 3.15. The monoisotopic (exact) mass is 220 g/mol. The zero-order valence-corrected chi connectivity index (χ0v) is 10.7. The van der Waals surface area contributed by atoms with Gasteiger partial charge in [-0.3, -0.25) is 4.79 Å². The molecule has 0 amide bonds. The summed E-state index contributed by atoms with van der Waals surface area (Å²) in [7, 11) is 0. The van der Waals surface area contributed by atoms with Gasteiger partial charge in [0.05, 0.1) is 0 Å². The normalized spacial score (nSPS) is 10.9. The Hall–Kier alpha value is -1.31. The molecule has 0 aromatic heterocycles. The maximum absolute atomic E-state index is 11.0. The van der Waals surface area contributed by atoms with Crippen LogP contribution in [-0.2, 0) is 4.79 Å². The lowest BCUT2D eigenvalue weighted by molar-refractivity contribution is -0.131. The highest BCUT2D eigenvalue weighted by Crippen LogP contribution is 2.30. The molecular weight excluding hydrogens is 200 g/mol. The van der Waals surface area contributed by atoms with E-state index in [1.54, 1.807) is 0 Å². The van der Waals surface area contributed by atoms with Gasteiger partial charge in [-0.15, -0.1) is 0 Å². The summed E-state index contributed by atoms with van der Waals surface area (Å²) in [5, 5.41) is 0. The number of hydrogen-bond donors (Lipinski definition) is 0. The average Bonchev–Trinajstić information content (AvgIpc) is 2.15. The molecule has 0 N–H and O–H groups in total. The number of ether oxygens (including phenoxy) is 1. The summed E-state index contributed by atoms with van der Waals surface area (Å²) in [6, 6.07) is 6.13. The first kappa shape index (κ1) is 12.8. The molecule has 2 nitrogen and oxygen atoms in total. The van der Waals surface area contributed by atoms with Crippen LogP contribution in [0.2, 0.25) is 0 Å². The summed E-state index contributed by atoms with van der Waals surface area (Å²) < 4.78 is 5.26. The van der Waals surface area contributed by atoms with E-state index < -0.39 is 0 Å². The average molecular weight is 220 g/mol. The van der Waals surface area contributed by atoms with E-state index >= 15 is 0 Å². The minimum absolute atomic E-state index is 0.261. The highest BCUT2D eigenvalue weighted by molar-refractivity contribution is 5.70. The SMILES string of the molecule is CC(=O)Oc1cc(C(C)C)ccc1C(C)C. The van der Waals surface area contributed by atoms with Crippen molar-refractivity contribution < 1.29 is 9.53 Å². The molecule has 16 heavy (non-hydrogen) atoms. The number of hydrogen-bond acceptors (Lipinski definition) is 2. The smallest absolute Gasteiger partial charge is 0.308 e. The van der Waals surface area contributed by atoms with Crippen molar-refractivity contribution in [1.82, 2.24) is 0 Å². The van der Waals surface area contributed by atoms with Gasteiger partial charge in [-0.25, -0.2) is 0 Å². The first-order chi connectivity index (χ1) is 7.41. The van der Waals surface area contributed by atoms with E-state index in [1.165, 1.54) is 12.5 Å². The van der Waals surface area contributed by atoms with Crippen LogP contribution < -0.4 is 4.74 Å². The molecule has 0 saturated heterocycles. The molecule has 0 radical (unpaired) electrons. The summed E-state index contributed by atoms with van der Waals surface area (Å²) in [6.45, 7) is 9.88. The molecule has 0 saturated carbocycles. The third-order valence-electron chi connectivity index (χ3n) is 2.58. The fourth-order valence-corrected chi connectivity index (χ4v) is 1.63. The number of carbonyl (C=O) groups is 1. The second-order valence-electron chi connectivity index (χ2n) is 4.70. The molecule has 1 aromatic carbocycles. The van der Waals surface area contributed by atoms with Crippen LogP contribution >= 0.6 is 0 Å². The van der Waals surface area contributed by atoms with Crippen molar-refractivity contribution >= 4 is 5.97 Å². The van der Waals surface area contributed by atoms with Crippen molar-refractivity contribution in [3.63, 3.8) is 0 Å². The molecule has 0 spiro atoms. The lowest BCUT2D eigenvalue weighted by atomic mass is 9.96. The molecule has 2 heteroatoms. The predicted octanol–water partition coefficient (Wildman–Crippen LogP) is 3.86. The molecule has 0 aliphatic heterocycles. The lowest BCUT2D eigenvalue weighted by Gasteiger charge is -2.15. The van der Waals surface area contributed by atoms with E-state index in [4.69, 9.17) is 4.74 Å². The van der Waals surface area contributed by atoms with E-state index in [1.807, 2.05) is 6.07 Å². The molecule has 1 aromatic rings. The van der Waals surface area contributed by atoms with Gasteiger partial charge in [0.1, 0.15) is 5.75 Å². The molecule has 0 unspecified atom stereocenters. The van der Waals surface area contributed by atoms with Crippen LogP contribution in [-0.4, -0.2) is 5.97 Å². The van der Waals surface area contributed by atoms with Crippen molar-refractivity contribution in [3.05, 3.63) is 29.3 Å². The molecule has 0 aliphatic carbocycles. The molecule has 0 fully saturated rings. The van der Waals surface area contributed by atoms with Crippen molar-refractivity contribution in [2.45, 2.75) is 46.5 Å². The summed E-state index contributed by atoms with van der Waals surface area (Å²) in [6.07, 6.45) is 0. The maximum Gasteiger partial charge on any atom is 0.308 e. The fourth-order valence-electron chi connectivity index (χ4n) is 1.63. The summed E-state index contributed by atoms with van der Waals surface area (Å²) in [5.74, 6) is 1.24. The third kappa shape index (κ3) is 3.09. The minimum atomic E-state index is -0.261. The van der Waals surface area contributed by atoms with Gasteiger partial charge in [-0.1, -0.05) is 39.8 Å². The van der Waals surface area contributed by atoms with Gasteiger partial charge in [0, 0.05) is 6.92 Å². The van der Waals surface area contributed by atoms with Gasteiger partial charge in [0.15, 0.2) is 0 Å². The Morgan fingerprint density at radius 1 is 1.12 bits per heavy atom. The molecule has 0 heterocycles. The van der Waals surface area contributed by atoms with Crippen molar-refractivity contribution in [2.75, 3.05) is 0 Å². The van der Waals surface area contributed by atoms with E-state index in [0.717, 1.165) is 5.56 Å². The van der Waals surface area contributed by atoms with Crippen LogP contribution in [0.15, 0.2) is 18.2 Å². The Morgan fingerprint density at radius 3 is 2.19 bits per heavy atom. The van der Waals surface area contributed by atoms with Crippen LogP contribution in [0.1, 0.15) is 57.6 Å². The van der Waals surface area contributed by atoms with Crippen molar-refractivity contribution in [2.24, 2.45) is 0 Å². The third-order valence-corrected chi connectivity index (χ3v) is 2.58. The predicted molar refractivity (Wildman–Crippen MR) is 65.9 cm³/mol. The quantitative estimate of drug-likeness (QED) is 0.571. The summed E-state index contributed by atoms with van der Waals surface area (Å²) in [4.78, 5) is 11.0. The number of rotatable bonds is 3. The van der Waals surface area contributed by atoms with E-state index in [-0.39, 0.29) is 5.97 Å². The van der Waals surface area contributed by atoms with Crippen LogP contribution in [0.3, 0.4) is 0 Å². The maximum atomic E-state index is 11.0. The van der Waals surface area contributed by atoms with Gasteiger partial charge in [-0.2, -0.15) is 0 Å².